The van der Waals surface area contributed by atoms with E-state index in [1.165, 1.54) is 25.7 Å². The molecule has 0 aliphatic heterocycles. The monoisotopic (exact) mass is 296 g/mol. The van der Waals surface area contributed by atoms with E-state index in [0.29, 0.717) is 22.3 Å². The molecule has 1 aromatic rings. The Morgan fingerprint density at radius 2 is 2.15 bits per heavy atom. The van der Waals surface area contributed by atoms with E-state index in [4.69, 9.17) is 5.11 Å². The third kappa shape index (κ3) is 4.10. The molecule has 0 radical (unpaired) electrons. The lowest BCUT2D eigenvalue weighted by Crippen LogP contribution is -2.20. The lowest BCUT2D eigenvalue weighted by Gasteiger charge is -2.09. The van der Waals surface area contributed by atoms with Crippen LogP contribution < -0.4 is 5.56 Å². The number of H-pyrrole nitrogens is 1. The molecule has 0 amide bonds. The Morgan fingerprint density at radius 3 is 2.75 bits per heavy atom. The molecule has 0 saturated heterocycles. The topological polar surface area (TPSA) is 83.0 Å². The summed E-state index contributed by atoms with van der Waals surface area (Å²) in [6.07, 6.45) is 5.31. The Balaban J connectivity index is 2.01. The summed E-state index contributed by atoms with van der Waals surface area (Å²) < 4.78 is 0. The zero-order valence-electron chi connectivity index (χ0n) is 11.6. The smallest absolute Gasteiger partial charge is 0.303 e. The van der Waals surface area contributed by atoms with Crippen LogP contribution in [0.3, 0.4) is 0 Å². The van der Waals surface area contributed by atoms with E-state index in [9.17, 15) is 9.59 Å². The van der Waals surface area contributed by atoms with Crippen molar-refractivity contribution in [2.24, 2.45) is 0 Å². The van der Waals surface area contributed by atoms with Gasteiger partial charge in [0.1, 0.15) is 5.82 Å². The molecule has 0 atom stereocenters. The fraction of sp³-hybridized carbons (Fsp3) is 0.643. The average molecular weight is 296 g/mol. The van der Waals surface area contributed by atoms with Crippen molar-refractivity contribution in [1.29, 1.82) is 0 Å². The van der Waals surface area contributed by atoms with E-state index < -0.39 is 5.97 Å². The van der Waals surface area contributed by atoms with Gasteiger partial charge in [-0.2, -0.15) is 11.8 Å². The third-order valence-electron chi connectivity index (χ3n) is 3.62. The van der Waals surface area contributed by atoms with Gasteiger partial charge in [0.05, 0.1) is 5.75 Å². The summed E-state index contributed by atoms with van der Waals surface area (Å²) in [5, 5.41) is 9.37. The molecule has 0 unspecified atom stereocenters. The second-order valence-electron chi connectivity index (χ2n) is 5.19. The quantitative estimate of drug-likeness (QED) is 0.841. The molecule has 1 aliphatic rings. The second kappa shape index (κ2) is 6.92. The van der Waals surface area contributed by atoms with Crippen molar-refractivity contribution in [2.45, 2.75) is 56.5 Å². The molecule has 2 N–H and O–H groups in total. The molecular weight excluding hydrogens is 276 g/mol. The van der Waals surface area contributed by atoms with E-state index in [-0.39, 0.29) is 18.4 Å². The molecule has 1 aliphatic carbocycles. The molecule has 5 nitrogen and oxygen atoms in total. The molecule has 1 saturated carbocycles. The number of aromatic amines is 1. The number of carbonyl (C=O) groups is 1. The number of aliphatic carboxylic acids is 1. The van der Waals surface area contributed by atoms with Gasteiger partial charge in [0.2, 0.25) is 0 Å². The Hall–Kier alpha value is -1.30. The summed E-state index contributed by atoms with van der Waals surface area (Å²) >= 11 is 1.85. The predicted molar refractivity (Wildman–Crippen MR) is 79.1 cm³/mol. The van der Waals surface area contributed by atoms with Crippen molar-refractivity contribution >= 4 is 17.7 Å². The second-order valence-corrected chi connectivity index (χ2v) is 6.48. The summed E-state index contributed by atoms with van der Waals surface area (Å²) in [6, 6.07) is 0. The third-order valence-corrected chi connectivity index (χ3v) is 5.00. The number of thioether (sulfide) groups is 1. The highest BCUT2D eigenvalue weighted by molar-refractivity contribution is 7.99. The van der Waals surface area contributed by atoms with Gasteiger partial charge >= 0.3 is 5.97 Å². The van der Waals surface area contributed by atoms with Crippen molar-refractivity contribution < 1.29 is 9.90 Å². The van der Waals surface area contributed by atoms with Gasteiger partial charge in [-0.3, -0.25) is 9.59 Å². The van der Waals surface area contributed by atoms with Gasteiger partial charge in [-0.15, -0.1) is 0 Å². The van der Waals surface area contributed by atoms with Crippen molar-refractivity contribution in [3.05, 3.63) is 27.4 Å². The number of rotatable bonds is 6. The first kappa shape index (κ1) is 15.1. The summed E-state index contributed by atoms with van der Waals surface area (Å²) in [7, 11) is 0. The molecule has 1 heterocycles. The van der Waals surface area contributed by atoms with Gasteiger partial charge in [-0.25, -0.2) is 4.98 Å². The van der Waals surface area contributed by atoms with Crippen molar-refractivity contribution in [3.8, 4) is 0 Å². The molecule has 1 fully saturated rings. The van der Waals surface area contributed by atoms with Crippen LogP contribution >= 0.6 is 11.8 Å². The molecule has 0 spiro atoms. The number of aromatic nitrogens is 2. The van der Waals surface area contributed by atoms with Gasteiger partial charge in [0, 0.05) is 22.9 Å². The number of carboxylic acids is 1. The molecule has 6 heteroatoms. The van der Waals surface area contributed by atoms with Crippen LogP contribution in [0, 0.1) is 6.92 Å². The SMILES string of the molecule is Cc1nc(CSC2CCCC2)[nH]c(=O)c1CCC(=O)O. The highest BCUT2D eigenvalue weighted by Gasteiger charge is 2.16. The van der Waals surface area contributed by atoms with E-state index in [1.54, 1.807) is 6.92 Å². The fourth-order valence-corrected chi connectivity index (χ4v) is 3.71. The molecule has 20 heavy (non-hydrogen) atoms. The maximum Gasteiger partial charge on any atom is 0.303 e. The van der Waals surface area contributed by atoms with Gasteiger partial charge < -0.3 is 10.1 Å². The number of hydrogen-bond acceptors (Lipinski definition) is 4. The number of hydrogen-bond donors (Lipinski definition) is 2. The summed E-state index contributed by atoms with van der Waals surface area (Å²) in [5.41, 5.74) is 0.944. The van der Waals surface area contributed by atoms with Gasteiger partial charge in [-0.05, 0) is 26.2 Å². The first-order valence-corrected chi connectivity index (χ1v) is 8.03. The van der Waals surface area contributed by atoms with Gasteiger partial charge in [0.25, 0.3) is 5.56 Å². The Morgan fingerprint density at radius 1 is 1.45 bits per heavy atom. The summed E-state index contributed by atoms with van der Waals surface area (Å²) in [4.78, 5) is 29.7. The van der Waals surface area contributed by atoms with E-state index in [1.807, 2.05) is 11.8 Å². The number of nitrogens with zero attached hydrogens (tertiary/aromatic N) is 1. The largest absolute Gasteiger partial charge is 0.481 e. The Bertz CT molecular complexity index is 536. The van der Waals surface area contributed by atoms with Crippen LogP contribution in [0.1, 0.15) is 49.2 Å². The van der Waals surface area contributed by atoms with E-state index in [2.05, 4.69) is 9.97 Å². The number of aryl methyl sites for hydroxylation is 1. The fourth-order valence-electron chi connectivity index (χ4n) is 2.52. The average Bonchev–Trinajstić information content (AvgIpc) is 2.88. The number of carboxylic acid groups (broad SMARTS) is 1. The number of nitrogens with one attached hydrogen (secondary N) is 1. The molecule has 0 aromatic carbocycles. The van der Waals surface area contributed by atoms with Crippen LogP contribution in [-0.4, -0.2) is 26.3 Å². The Kier molecular flexibility index (Phi) is 5.23. The van der Waals surface area contributed by atoms with Gasteiger partial charge in [0.15, 0.2) is 0 Å². The first-order valence-electron chi connectivity index (χ1n) is 6.98. The molecular formula is C14H20N2O3S. The predicted octanol–water partition coefficient (Wildman–Crippen LogP) is 2.27. The van der Waals surface area contributed by atoms with Crippen molar-refractivity contribution in [3.63, 3.8) is 0 Å². The minimum absolute atomic E-state index is 0.0399. The lowest BCUT2D eigenvalue weighted by molar-refractivity contribution is -0.136. The highest BCUT2D eigenvalue weighted by Crippen LogP contribution is 2.30. The van der Waals surface area contributed by atoms with E-state index >= 15 is 0 Å². The van der Waals surface area contributed by atoms with Crippen LogP contribution in [0.25, 0.3) is 0 Å². The van der Waals surface area contributed by atoms with Crippen LogP contribution in [0.15, 0.2) is 4.79 Å². The minimum atomic E-state index is -0.898. The zero-order chi connectivity index (χ0) is 14.5. The van der Waals surface area contributed by atoms with Crippen LogP contribution in [0.4, 0.5) is 0 Å². The van der Waals surface area contributed by atoms with Gasteiger partial charge in [-0.1, -0.05) is 12.8 Å². The highest BCUT2D eigenvalue weighted by atomic mass is 32.2. The van der Waals surface area contributed by atoms with Crippen LogP contribution in [0.2, 0.25) is 0 Å². The standard InChI is InChI=1S/C14H20N2O3S/c1-9-11(6-7-13(17)18)14(19)16-12(15-9)8-20-10-4-2-3-5-10/h10H,2-8H2,1H3,(H,17,18)(H,15,16,19). The molecule has 1 aromatic heterocycles. The van der Waals surface area contributed by atoms with Crippen LogP contribution in [-0.2, 0) is 17.0 Å². The first-order chi connectivity index (χ1) is 9.56. The van der Waals surface area contributed by atoms with Crippen molar-refractivity contribution in [2.75, 3.05) is 0 Å². The van der Waals surface area contributed by atoms with Crippen LogP contribution in [0.5, 0.6) is 0 Å². The lowest BCUT2D eigenvalue weighted by atomic mass is 10.1. The normalized spacial score (nSPS) is 15.7. The van der Waals surface area contributed by atoms with Crippen molar-refractivity contribution in [1.82, 2.24) is 9.97 Å². The maximum absolute atomic E-state index is 12.0. The Labute approximate surface area is 122 Å². The minimum Gasteiger partial charge on any atom is -0.481 e. The molecule has 2 rings (SSSR count). The zero-order valence-corrected chi connectivity index (χ0v) is 12.5. The van der Waals surface area contributed by atoms with E-state index in [0.717, 1.165) is 5.75 Å². The summed E-state index contributed by atoms with van der Waals surface area (Å²) in [6.45, 7) is 1.77. The summed E-state index contributed by atoms with van der Waals surface area (Å²) in [5.74, 6) is 0.521. The molecule has 0 bridgehead atoms. The maximum atomic E-state index is 12.0. The molecule has 110 valence electrons.